The number of nitrogens with one attached hydrogen (secondary N) is 1. The maximum atomic E-state index is 12.2. The maximum Gasteiger partial charge on any atom is 0.343 e. The van der Waals surface area contributed by atoms with Gasteiger partial charge in [-0.25, -0.2) is 9.63 Å². The molecule has 1 N–H and O–H groups in total. The summed E-state index contributed by atoms with van der Waals surface area (Å²) in [4.78, 5) is 14.3. The number of carbonyl (C=O) groups is 1. The van der Waals surface area contributed by atoms with Gasteiger partial charge in [0.25, 0.3) is 10.0 Å². The lowest BCUT2D eigenvalue weighted by Gasteiger charge is -2.05. The largest absolute Gasteiger partial charge is 0.423 e. The number of halogens is 1. The highest BCUT2D eigenvalue weighted by Gasteiger charge is 2.12. The van der Waals surface area contributed by atoms with Gasteiger partial charge in [-0.2, -0.15) is 13.5 Å². The highest BCUT2D eigenvalue weighted by Crippen LogP contribution is 2.15. The molecular weight excluding hydrogens is 412 g/mol. The van der Waals surface area contributed by atoms with Gasteiger partial charge < -0.3 is 4.74 Å². The molecule has 0 bridgehead atoms. The van der Waals surface area contributed by atoms with E-state index in [1.54, 1.807) is 42.5 Å². The van der Waals surface area contributed by atoms with Crippen molar-refractivity contribution in [2.24, 2.45) is 5.10 Å². The number of benzene rings is 3. The molecule has 0 atom stereocenters. The molecule has 0 saturated carbocycles. The van der Waals surface area contributed by atoms with Gasteiger partial charge in [0.2, 0.25) is 0 Å². The van der Waals surface area contributed by atoms with Crippen LogP contribution in [0.5, 0.6) is 5.75 Å². The van der Waals surface area contributed by atoms with Crippen molar-refractivity contribution in [2.75, 3.05) is 0 Å². The molecule has 0 aliphatic heterocycles. The Morgan fingerprint density at radius 3 is 2.38 bits per heavy atom. The van der Waals surface area contributed by atoms with E-state index in [2.05, 4.69) is 9.93 Å². The summed E-state index contributed by atoms with van der Waals surface area (Å²) in [6.07, 6.45) is 1.35. The molecule has 6 nitrogen and oxygen atoms in total. The molecular formula is C21H17ClN2O4S. The average Bonchev–Trinajstić information content (AvgIpc) is 2.69. The van der Waals surface area contributed by atoms with Gasteiger partial charge in [-0.1, -0.05) is 29.3 Å². The first-order valence-electron chi connectivity index (χ1n) is 8.53. The van der Waals surface area contributed by atoms with E-state index < -0.39 is 16.0 Å². The molecule has 8 heteroatoms. The molecule has 0 aromatic heterocycles. The van der Waals surface area contributed by atoms with Gasteiger partial charge in [-0.15, -0.1) is 0 Å². The van der Waals surface area contributed by atoms with E-state index in [9.17, 15) is 13.2 Å². The molecule has 0 spiro atoms. The number of esters is 1. The van der Waals surface area contributed by atoms with Crippen molar-refractivity contribution in [3.05, 3.63) is 94.5 Å². The number of aryl methyl sites for hydroxylation is 1. The molecule has 3 aromatic rings. The molecule has 0 unspecified atom stereocenters. The SMILES string of the molecule is Cc1cccc(C(=O)Oc2ccc(/C=N/NS(=O)(=O)c3ccc(Cl)cc3)cc2)c1. The van der Waals surface area contributed by atoms with E-state index in [1.165, 1.54) is 30.5 Å². The zero-order valence-corrected chi connectivity index (χ0v) is 16.9. The van der Waals surface area contributed by atoms with Gasteiger partial charge in [-0.05, 0) is 73.2 Å². The van der Waals surface area contributed by atoms with Crippen LogP contribution in [0.25, 0.3) is 0 Å². The summed E-state index contributed by atoms with van der Waals surface area (Å²) in [7, 11) is -3.78. The Balaban J connectivity index is 1.61. The Morgan fingerprint density at radius 2 is 1.72 bits per heavy atom. The molecule has 0 fully saturated rings. The van der Waals surface area contributed by atoms with Crippen molar-refractivity contribution >= 4 is 33.8 Å². The van der Waals surface area contributed by atoms with Gasteiger partial charge in [-0.3, -0.25) is 0 Å². The van der Waals surface area contributed by atoms with Crippen LogP contribution in [0.4, 0.5) is 0 Å². The number of carbonyl (C=O) groups excluding carboxylic acids is 1. The van der Waals surface area contributed by atoms with E-state index in [0.29, 0.717) is 21.9 Å². The number of rotatable bonds is 6. The summed E-state index contributed by atoms with van der Waals surface area (Å²) in [6.45, 7) is 1.89. The van der Waals surface area contributed by atoms with E-state index in [-0.39, 0.29) is 4.90 Å². The molecule has 0 aliphatic carbocycles. The van der Waals surface area contributed by atoms with Gasteiger partial charge in [0, 0.05) is 5.02 Å². The lowest BCUT2D eigenvalue weighted by atomic mass is 10.1. The van der Waals surface area contributed by atoms with Crippen LogP contribution in [0.3, 0.4) is 0 Å². The van der Waals surface area contributed by atoms with Crippen LogP contribution < -0.4 is 9.57 Å². The van der Waals surface area contributed by atoms with Crippen molar-refractivity contribution < 1.29 is 17.9 Å². The molecule has 0 saturated heterocycles. The monoisotopic (exact) mass is 428 g/mol. The second-order valence-corrected chi connectivity index (χ2v) is 8.23. The fraction of sp³-hybridized carbons (Fsp3) is 0.0476. The predicted octanol–water partition coefficient (Wildman–Crippen LogP) is 4.18. The number of ether oxygens (including phenoxy) is 1. The number of nitrogens with zero attached hydrogens (tertiary/aromatic N) is 1. The smallest absolute Gasteiger partial charge is 0.343 e. The average molecular weight is 429 g/mol. The topological polar surface area (TPSA) is 84.8 Å². The van der Waals surface area contributed by atoms with Crippen molar-refractivity contribution in [3.63, 3.8) is 0 Å². The summed E-state index contributed by atoms with van der Waals surface area (Å²) >= 11 is 5.76. The number of sulfonamides is 1. The Bertz CT molecular complexity index is 1140. The summed E-state index contributed by atoms with van der Waals surface area (Å²) in [5.74, 6) is -0.0822. The second-order valence-electron chi connectivity index (χ2n) is 6.13. The molecule has 0 amide bonds. The predicted molar refractivity (Wildman–Crippen MR) is 112 cm³/mol. The summed E-state index contributed by atoms with van der Waals surface area (Å²) in [5.41, 5.74) is 2.05. The molecule has 29 heavy (non-hydrogen) atoms. The maximum absolute atomic E-state index is 12.2. The third-order valence-corrected chi connectivity index (χ3v) is 5.35. The standard InChI is InChI=1S/C21H17ClN2O4S/c1-15-3-2-4-17(13-15)21(25)28-19-9-5-16(6-10-19)14-23-24-29(26,27)20-11-7-18(22)8-12-20/h2-14,24H,1H3/b23-14+. The Hall–Kier alpha value is -3.16. The van der Waals surface area contributed by atoms with Gasteiger partial charge in [0.1, 0.15) is 5.75 Å². The first-order chi connectivity index (χ1) is 13.8. The zero-order chi connectivity index (χ0) is 20.9. The van der Waals surface area contributed by atoms with Crippen molar-refractivity contribution in [1.29, 1.82) is 0 Å². The summed E-state index contributed by atoms with van der Waals surface area (Å²) in [5, 5.41) is 4.20. The van der Waals surface area contributed by atoms with Crippen molar-refractivity contribution in [3.8, 4) is 5.75 Å². The molecule has 148 valence electrons. The minimum absolute atomic E-state index is 0.0532. The van der Waals surface area contributed by atoms with E-state index in [4.69, 9.17) is 16.3 Å². The summed E-state index contributed by atoms with van der Waals surface area (Å²) in [6, 6.07) is 19.4. The molecule has 3 rings (SSSR count). The lowest BCUT2D eigenvalue weighted by molar-refractivity contribution is 0.0734. The zero-order valence-electron chi connectivity index (χ0n) is 15.4. The first-order valence-corrected chi connectivity index (χ1v) is 10.4. The van der Waals surface area contributed by atoms with Crippen LogP contribution in [-0.2, 0) is 10.0 Å². The van der Waals surface area contributed by atoms with E-state index >= 15 is 0 Å². The number of hydrazone groups is 1. The number of hydrogen-bond donors (Lipinski definition) is 1. The van der Waals surface area contributed by atoms with Crippen LogP contribution >= 0.6 is 11.6 Å². The van der Waals surface area contributed by atoms with Gasteiger partial charge in [0.05, 0.1) is 16.7 Å². The first kappa shape index (κ1) is 20.6. The van der Waals surface area contributed by atoms with Crippen LogP contribution in [0.2, 0.25) is 5.02 Å². The van der Waals surface area contributed by atoms with Gasteiger partial charge >= 0.3 is 5.97 Å². The van der Waals surface area contributed by atoms with Crippen LogP contribution in [-0.4, -0.2) is 20.6 Å². The Labute approximate surface area is 173 Å². The minimum Gasteiger partial charge on any atom is -0.423 e. The third kappa shape index (κ3) is 5.66. The number of hydrogen-bond acceptors (Lipinski definition) is 5. The Morgan fingerprint density at radius 1 is 1.03 bits per heavy atom. The fourth-order valence-corrected chi connectivity index (χ4v) is 3.31. The Kier molecular flexibility index (Phi) is 6.31. The minimum atomic E-state index is -3.78. The normalized spacial score (nSPS) is 11.4. The van der Waals surface area contributed by atoms with Crippen LogP contribution in [0.1, 0.15) is 21.5 Å². The lowest BCUT2D eigenvalue weighted by Crippen LogP contribution is -2.18. The van der Waals surface area contributed by atoms with Crippen LogP contribution in [0, 0.1) is 6.92 Å². The molecule has 3 aromatic carbocycles. The van der Waals surface area contributed by atoms with E-state index in [1.807, 2.05) is 13.0 Å². The van der Waals surface area contributed by atoms with E-state index in [0.717, 1.165) is 5.56 Å². The van der Waals surface area contributed by atoms with Crippen LogP contribution in [0.15, 0.2) is 82.8 Å². The van der Waals surface area contributed by atoms with Crippen molar-refractivity contribution in [1.82, 2.24) is 4.83 Å². The quantitative estimate of drug-likeness (QED) is 0.276. The second kappa shape index (κ2) is 8.89. The third-order valence-electron chi connectivity index (χ3n) is 3.85. The summed E-state index contributed by atoms with van der Waals surface area (Å²) < 4.78 is 29.6. The molecule has 0 heterocycles. The molecule has 0 radical (unpaired) electrons. The van der Waals surface area contributed by atoms with Crippen molar-refractivity contribution in [2.45, 2.75) is 11.8 Å². The highest BCUT2D eigenvalue weighted by molar-refractivity contribution is 7.89. The fourth-order valence-electron chi connectivity index (χ4n) is 2.40. The molecule has 0 aliphatic rings. The highest BCUT2D eigenvalue weighted by atomic mass is 35.5. The van der Waals surface area contributed by atoms with Gasteiger partial charge in [0.15, 0.2) is 0 Å².